The monoisotopic (exact) mass is 642 g/mol. The molecule has 4 heterocycles. The van der Waals surface area contributed by atoms with E-state index < -0.39 is 23.9 Å². The Morgan fingerprint density at radius 2 is 1.67 bits per heavy atom. The van der Waals surface area contributed by atoms with Gasteiger partial charge in [-0.05, 0) is 137 Å². The zero-order valence-electron chi connectivity index (χ0n) is 29.6. The van der Waals surface area contributed by atoms with Crippen molar-refractivity contribution in [3.8, 4) is 0 Å². The molecule has 0 aromatic carbocycles. The van der Waals surface area contributed by atoms with E-state index in [2.05, 4.69) is 44.8 Å². The molecule has 4 aliphatic heterocycles. The SMILES string of the molecule is C[C@@H]1C[C@H]([C@H](O)C(C)(C)O)O[C@H]2[C@H]1[C@@]1(C)CC[C@@]34C[C@@]35CC[C@H](OC(=O)NC3CN6CCC3CC6)C(C)(C)[C@@H]5CC[C@H]4[C@]1(C)[C@H]2O. The third kappa shape index (κ3) is 4.06. The number of rotatable bonds is 4. The van der Waals surface area contributed by atoms with Crippen molar-refractivity contribution in [1.29, 1.82) is 0 Å². The van der Waals surface area contributed by atoms with Crippen molar-refractivity contribution in [2.45, 2.75) is 155 Å². The third-order valence-corrected chi connectivity index (χ3v) is 17.1. The zero-order valence-corrected chi connectivity index (χ0v) is 29.6. The van der Waals surface area contributed by atoms with Crippen molar-refractivity contribution in [1.82, 2.24) is 10.2 Å². The van der Waals surface area contributed by atoms with E-state index in [4.69, 9.17) is 9.47 Å². The highest BCUT2D eigenvalue weighted by Gasteiger charge is 2.84. The summed E-state index contributed by atoms with van der Waals surface area (Å²) in [5, 5.41) is 37.3. The van der Waals surface area contributed by atoms with Crippen molar-refractivity contribution in [3.63, 3.8) is 0 Å². The highest BCUT2D eigenvalue weighted by atomic mass is 16.6. The third-order valence-electron chi connectivity index (χ3n) is 17.1. The topological polar surface area (TPSA) is 111 Å². The van der Waals surface area contributed by atoms with Gasteiger partial charge >= 0.3 is 6.09 Å². The summed E-state index contributed by atoms with van der Waals surface area (Å²) in [5.41, 5.74) is -1.18. The number of ether oxygens (including phenoxy) is 2. The molecule has 0 aromatic rings. The molecule has 1 amide bonds. The molecule has 1 unspecified atom stereocenters. The molecule has 8 nitrogen and oxygen atoms in total. The van der Waals surface area contributed by atoms with Crippen LogP contribution < -0.4 is 5.32 Å². The van der Waals surface area contributed by atoms with Crippen LogP contribution in [0.5, 0.6) is 0 Å². The molecule has 0 radical (unpaired) electrons. The van der Waals surface area contributed by atoms with E-state index in [9.17, 15) is 20.1 Å². The maximum Gasteiger partial charge on any atom is 0.407 e. The van der Waals surface area contributed by atoms with Gasteiger partial charge in [-0.2, -0.15) is 0 Å². The average molecular weight is 643 g/mol. The second-order valence-electron chi connectivity index (χ2n) is 19.4. The summed E-state index contributed by atoms with van der Waals surface area (Å²) in [5.74, 6) is 2.05. The molecular formula is C38H62N2O6. The second-order valence-corrected chi connectivity index (χ2v) is 19.4. The number of aliphatic hydroxyl groups is 3. The first-order chi connectivity index (χ1) is 21.5. The summed E-state index contributed by atoms with van der Waals surface area (Å²) in [6.45, 7) is 18.4. The summed E-state index contributed by atoms with van der Waals surface area (Å²) < 4.78 is 13.0. The Labute approximate surface area is 276 Å². The standard InChI is InChI=1S/C38H62N2O6/c1-21-18-24(30(41)34(4,5)44)45-29-28(21)35(6)14-15-38-20-37(38)13-10-27(46-32(43)39-23-19-40-16-11-22(23)12-17-40)33(2,3)25(37)8-9-26(38)36(35,7)31(29)42/h21-31,41-42,44H,8-20H2,1-7H3,(H,39,43)/t21-,23?,24-,25+,26+,27+,28+,29+,30+,31+,35-,36-,37-,38+/m1/s1. The highest BCUT2D eigenvalue weighted by Crippen LogP contribution is 2.89. The van der Waals surface area contributed by atoms with Crippen LogP contribution in [0, 0.1) is 56.7 Å². The van der Waals surface area contributed by atoms with E-state index in [1.165, 1.54) is 25.7 Å². The number of piperidine rings is 3. The highest BCUT2D eigenvalue weighted by molar-refractivity contribution is 5.68. The molecule has 8 heteroatoms. The van der Waals surface area contributed by atoms with Gasteiger partial charge in [0.05, 0.1) is 23.9 Å². The Balaban J connectivity index is 1.01. The predicted octanol–water partition coefficient (Wildman–Crippen LogP) is 5.12. The van der Waals surface area contributed by atoms with Crippen molar-refractivity contribution in [3.05, 3.63) is 0 Å². The van der Waals surface area contributed by atoms with Crippen molar-refractivity contribution in [2.75, 3.05) is 19.6 Å². The maximum atomic E-state index is 13.3. The zero-order chi connectivity index (χ0) is 32.8. The van der Waals surface area contributed by atoms with Gasteiger partial charge in [-0.1, -0.05) is 34.6 Å². The van der Waals surface area contributed by atoms with Crippen LogP contribution in [0.15, 0.2) is 0 Å². The molecule has 46 heavy (non-hydrogen) atoms. The Morgan fingerprint density at radius 3 is 2.33 bits per heavy atom. The molecule has 4 saturated heterocycles. The van der Waals surface area contributed by atoms with Crippen molar-refractivity contribution < 1.29 is 29.6 Å². The van der Waals surface area contributed by atoms with Crippen LogP contribution in [0.25, 0.3) is 0 Å². The molecule has 4 N–H and O–H groups in total. The smallest absolute Gasteiger partial charge is 0.407 e. The van der Waals surface area contributed by atoms with E-state index in [1.54, 1.807) is 13.8 Å². The van der Waals surface area contributed by atoms with E-state index >= 15 is 0 Å². The van der Waals surface area contributed by atoms with Gasteiger partial charge in [-0.25, -0.2) is 4.79 Å². The summed E-state index contributed by atoms with van der Waals surface area (Å²) in [6.07, 6.45) is 8.17. The summed E-state index contributed by atoms with van der Waals surface area (Å²) in [6, 6.07) is 0.217. The molecule has 9 rings (SSSR count). The van der Waals surface area contributed by atoms with Crippen LogP contribution in [-0.2, 0) is 9.47 Å². The molecule has 260 valence electrons. The number of fused-ring (bicyclic) bond motifs is 7. The van der Waals surface area contributed by atoms with Gasteiger partial charge in [0.25, 0.3) is 0 Å². The van der Waals surface area contributed by atoms with Crippen LogP contribution in [0.4, 0.5) is 4.79 Å². The van der Waals surface area contributed by atoms with Crippen LogP contribution in [0.3, 0.4) is 0 Å². The van der Waals surface area contributed by atoms with E-state index in [1.807, 2.05) is 0 Å². The minimum absolute atomic E-state index is 0.0449. The number of hydrogen-bond donors (Lipinski definition) is 4. The van der Waals surface area contributed by atoms with Gasteiger partial charge in [0.1, 0.15) is 12.2 Å². The fourth-order valence-electron chi connectivity index (χ4n) is 14.6. The Kier molecular flexibility index (Phi) is 7.07. The van der Waals surface area contributed by atoms with Crippen LogP contribution in [-0.4, -0.2) is 88.1 Å². The number of aliphatic hydroxyl groups excluding tert-OH is 2. The Hall–Kier alpha value is -0.930. The molecule has 2 bridgehead atoms. The molecule has 9 fully saturated rings. The summed E-state index contributed by atoms with van der Waals surface area (Å²) >= 11 is 0. The average Bonchev–Trinajstić information content (AvgIpc) is 3.63. The molecular weight excluding hydrogens is 580 g/mol. The van der Waals surface area contributed by atoms with Crippen molar-refractivity contribution in [2.24, 2.45) is 56.7 Å². The van der Waals surface area contributed by atoms with Gasteiger partial charge in [-0.3, -0.25) is 0 Å². The fourth-order valence-corrected chi connectivity index (χ4v) is 14.6. The lowest BCUT2D eigenvalue weighted by Gasteiger charge is -2.63. The lowest BCUT2D eigenvalue weighted by molar-refractivity contribution is -0.202. The first-order valence-electron chi connectivity index (χ1n) is 18.9. The van der Waals surface area contributed by atoms with Crippen LogP contribution in [0.1, 0.15) is 113 Å². The molecule has 14 atom stereocenters. The molecule has 5 aliphatic carbocycles. The van der Waals surface area contributed by atoms with E-state index in [0.717, 1.165) is 51.7 Å². The molecule has 5 saturated carbocycles. The van der Waals surface area contributed by atoms with Gasteiger partial charge in [-0.15, -0.1) is 0 Å². The molecule has 0 aromatic heterocycles. The second kappa shape index (κ2) is 10.1. The number of nitrogens with one attached hydrogen (secondary N) is 1. The number of carbonyl (C=O) groups excluding carboxylic acids is 1. The Morgan fingerprint density at radius 1 is 1.00 bits per heavy atom. The Bertz CT molecular complexity index is 1240. The number of alkyl carbamates (subject to hydrolysis) is 1. The quantitative estimate of drug-likeness (QED) is 0.337. The maximum absolute atomic E-state index is 13.3. The molecule has 2 spiro atoms. The minimum atomic E-state index is -1.26. The number of amides is 1. The summed E-state index contributed by atoms with van der Waals surface area (Å²) in [7, 11) is 0. The largest absolute Gasteiger partial charge is 0.446 e. The van der Waals surface area contributed by atoms with Gasteiger partial charge in [0, 0.05) is 23.4 Å². The van der Waals surface area contributed by atoms with Crippen LogP contribution >= 0.6 is 0 Å². The van der Waals surface area contributed by atoms with Crippen LogP contribution in [0.2, 0.25) is 0 Å². The van der Waals surface area contributed by atoms with E-state index in [-0.39, 0.29) is 57.3 Å². The lowest BCUT2D eigenvalue weighted by atomic mass is 9.41. The van der Waals surface area contributed by atoms with Gasteiger partial charge in [0.2, 0.25) is 0 Å². The van der Waals surface area contributed by atoms with Crippen molar-refractivity contribution >= 4 is 6.09 Å². The lowest BCUT2D eigenvalue weighted by Crippen LogP contribution is -2.60. The molecule has 9 aliphatic rings. The first-order valence-corrected chi connectivity index (χ1v) is 18.9. The number of nitrogens with zero attached hydrogens (tertiary/aromatic N) is 1. The predicted molar refractivity (Wildman–Crippen MR) is 175 cm³/mol. The number of carbonyl (C=O) groups is 1. The fraction of sp³-hybridized carbons (Fsp3) is 0.974. The van der Waals surface area contributed by atoms with E-state index in [0.29, 0.717) is 30.1 Å². The van der Waals surface area contributed by atoms with Gasteiger partial charge in [0.15, 0.2) is 0 Å². The van der Waals surface area contributed by atoms with Gasteiger partial charge < -0.3 is 35.0 Å². The number of hydrogen-bond acceptors (Lipinski definition) is 7. The summed E-state index contributed by atoms with van der Waals surface area (Å²) in [4.78, 5) is 15.8. The minimum Gasteiger partial charge on any atom is -0.446 e. The first kappa shape index (κ1) is 32.3. The normalized spacial score (nSPS) is 55.6.